The van der Waals surface area contributed by atoms with E-state index in [2.05, 4.69) is 33.7 Å². The number of hydrogen-bond donors (Lipinski definition) is 1. The number of hydrazone groups is 1. The van der Waals surface area contributed by atoms with Crippen molar-refractivity contribution in [1.29, 1.82) is 5.41 Å². The van der Waals surface area contributed by atoms with Gasteiger partial charge in [0.25, 0.3) is 5.91 Å². The lowest BCUT2D eigenvalue weighted by Crippen LogP contribution is -2.35. The average molecular weight is 475 g/mol. The maximum Gasteiger partial charge on any atom is 0.283 e. The molecule has 9 heteroatoms. The maximum absolute atomic E-state index is 12.8. The zero-order chi connectivity index (χ0) is 24.0. The number of fused-ring (bicyclic) bond motifs is 1. The quantitative estimate of drug-likeness (QED) is 0.677. The van der Waals surface area contributed by atoms with Crippen molar-refractivity contribution < 1.29 is 9.59 Å². The summed E-state index contributed by atoms with van der Waals surface area (Å²) in [4.78, 5) is 31.4. The summed E-state index contributed by atoms with van der Waals surface area (Å²) in [5, 5.41) is 15.4. The number of aliphatic imine (C=N–C) groups is 1. The number of nitrogens with zero attached hydrogens (tertiary/aromatic N) is 5. The monoisotopic (exact) mass is 474 g/mol. The van der Waals surface area contributed by atoms with Crippen molar-refractivity contribution in [2.75, 3.05) is 13.1 Å². The first-order valence-corrected chi connectivity index (χ1v) is 12.2. The summed E-state index contributed by atoms with van der Waals surface area (Å²) >= 11 is 1.19. The fraction of sp³-hybridized carbons (Fsp3) is 0.320. The van der Waals surface area contributed by atoms with E-state index in [0.717, 1.165) is 54.1 Å². The Balaban J connectivity index is 1.43. The zero-order valence-electron chi connectivity index (χ0n) is 19.5. The molecule has 34 heavy (non-hydrogen) atoms. The van der Waals surface area contributed by atoms with E-state index in [1.807, 2.05) is 36.9 Å². The molecule has 1 saturated heterocycles. The van der Waals surface area contributed by atoms with Crippen molar-refractivity contribution in [3.63, 3.8) is 0 Å². The van der Waals surface area contributed by atoms with Crippen LogP contribution >= 0.6 is 11.8 Å². The van der Waals surface area contributed by atoms with Gasteiger partial charge in [0.1, 0.15) is 5.04 Å². The first-order chi connectivity index (χ1) is 16.3. The Kier molecular flexibility index (Phi) is 5.73. The number of carbonyl (C=O) groups is 2. The van der Waals surface area contributed by atoms with Gasteiger partial charge < -0.3 is 9.47 Å². The molecule has 0 aliphatic carbocycles. The second-order valence-corrected chi connectivity index (χ2v) is 9.77. The lowest BCUT2D eigenvalue weighted by molar-refractivity contribution is -0.128. The van der Waals surface area contributed by atoms with Crippen LogP contribution in [0.2, 0.25) is 0 Å². The topological polar surface area (TPSA) is 94.1 Å². The summed E-state index contributed by atoms with van der Waals surface area (Å²) in [5.41, 5.74) is 5.29. The number of aromatic nitrogens is 1. The molecule has 1 aromatic carbocycles. The van der Waals surface area contributed by atoms with Gasteiger partial charge in [-0.15, -0.1) is 0 Å². The van der Waals surface area contributed by atoms with Gasteiger partial charge in [-0.05, 0) is 74.7 Å². The number of para-hydroxylation sites is 1. The predicted octanol–water partition coefficient (Wildman–Crippen LogP) is 4.03. The summed E-state index contributed by atoms with van der Waals surface area (Å²) in [5.74, 6) is -0.458. The van der Waals surface area contributed by atoms with Gasteiger partial charge in [0, 0.05) is 30.2 Å². The normalized spacial score (nSPS) is 19.1. The molecule has 174 valence electrons. The number of nitrogens with one attached hydrogen (secondary N) is 1. The molecule has 8 nitrogen and oxygen atoms in total. The molecule has 4 heterocycles. The Morgan fingerprint density at radius 3 is 2.65 bits per heavy atom. The third kappa shape index (κ3) is 3.90. The molecule has 3 aliphatic heterocycles. The number of benzene rings is 1. The molecule has 1 N–H and O–H groups in total. The Morgan fingerprint density at radius 1 is 1.18 bits per heavy atom. The number of thioether (sulfide) groups is 1. The van der Waals surface area contributed by atoms with E-state index in [-0.39, 0.29) is 23.7 Å². The molecular weight excluding hydrogens is 448 g/mol. The Labute approximate surface area is 202 Å². The van der Waals surface area contributed by atoms with Crippen LogP contribution < -0.4 is 0 Å². The standard InChI is InChI=1S/C25H26N6O2S/c1-15-8-4-5-9-20(15)30-16(2)12-18(17(30)3)13-19-23(26)31-25(27-24(19)33)34-21(28-31)14-22(32)29-10-6-7-11-29/h4-5,8-9,12-13,26H,6-7,10-11,14H2,1-3H3/b19-13+,26-23?. The van der Waals surface area contributed by atoms with Crippen LogP contribution in [-0.4, -0.2) is 55.4 Å². The number of amidine groups is 2. The second kappa shape index (κ2) is 8.72. The summed E-state index contributed by atoms with van der Waals surface area (Å²) in [7, 11) is 0. The van der Waals surface area contributed by atoms with Gasteiger partial charge >= 0.3 is 0 Å². The highest BCUT2D eigenvalue weighted by atomic mass is 32.2. The molecule has 2 amide bonds. The van der Waals surface area contributed by atoms with Crippen LogP contribution in [0, 0.1) is 26.2 Å². The van der Waals surface area contributed by atoms with Crippen molar-refractivity contribution in [2.45, 2.75) is 40.0 Å². The number of carbonyl (C=O) groups excluding carboxylic acids is 2. The molecule has 0 saturated carbocycles. The summed E-state index contributed by atoms with van der Waals surface area (Å²) in [6, 6.07) is 10.2. The Morgan fingerprint density at radius 2 is 1.91 bits per heavy atom. The van der Waals surface area contributed by atoms with Crippen molar-refractivity contribution in [1.82, 2.24) is 14.5 Å². The van der Waals surface area contributed by atoms with Gasteiger partial charge in [-0.1, -0.05) is 18.2 Å². The second-order valence-electron chi connectivity index (χ2n) is 8.73. The minimum atomic E-state index is -0.466. The fourth-order valence-electron chi connectivity index (χ4n) is 4.59. The number of hydrogen-bond acceptors (Lipinski definition) is 5. The Bertz CT molecular complexity index is 1310. The van der Waals surface area contributed by atoms with Crippen LogP contribution in [0.5, 0.6) is 0 Å². The third-order valence-corrected chi connectivity index (χ3v) is 7.29. The lowest BCUT2D eigenvalue weighted by atomic mass is 10.1. The highest BCUT2D eigenvalue weighted by molar-refractivity contribution is 8.27. The molecule has 0 unspecified atom stereocenters. The molecule has 1 fully saturated rings. The summed E-state index contributed by atoms with van der Waals surface area (Å²) in [6.07, 6.45) is 3.94. The van der Waals surface area contributed by atoms with Gasteiger partial charge in [0.2, 0.25) is 11.1 Å². The fourth-order valence-corrected chi connectivity index (χ4v) is 5.46. The summed E-state index contributed by atoms with van der Waals surface area (Å²) in [6.45, 7) is 7.66. The summed E-state index contributed by atoms with van der Waals surface area (Å²) < 4.78 is 2.15. The molecule has 0 spiro atoms. The molecule has 1 aromatic heterocycles. The van der Waals surface area contributed by atoms with Gasteiger partial charge in [-0.3, -0.25) is 15.0 Å². The van der Waals surface area contributed by atoms with E-state index >= 15 is 0 Å². The minimum absolute atomic E-state index is 0.0215. The number of aryl methyl sites for hydroxylation is 2. The van der Waals surface area contributed by atoms with E-state index in [1.165, 1.54) is 16.8 Å². The van der Waals surface area contributed by atoms with Gasteiger partial charge in [-0.2, -0.15) is 15.1 Å². The number of amides is 2. The van der Waals surface area contributed by atoms with Crippen molar-refractivity contribution in [2.24, 2.45) is 10.1 Å². The van der Waals surface area contributed by atoms with E-state index in [4.69, 9.17) is 5.41 Å². The van der Waals surface area contributed by atoms with Gasteiger partial charge in [0.15, 0.2) is 5.84 Å². The third-order valence-electron chi connectivity index (χ3n) is 6.38. The zero-order valence-corrected chi connectivity index (χ0v) is 20.3. The first-order valence-electron chi connectivity index (χ1n) is 11.4. The van der Waals surface area contributed by atoms with Crippen LogP contribution in [0.15, 0.2) is 46.0 Å². The molecule has 0 radical (unpaired) electrons. The van der Waals surface area contributed by atoms with E-state index in [0.29, 0.717) is 10.2 Å². The van der Waals surface area contributed by atoms with Crippen molar-refractivity contribution in [3.05, 3.63) is 58.4 Å². The molecule has 2 aromatic rings. The van der Waals surface area contributed by atoms with E-state index < -0.39 is 5.91 Å². The average Bonchev–Trinajstić information content (AvgIpc) is 3.52. The van der Waals surface area contributed by atoms with Crippen LogP contribution in [-0.2, 0) is 9.59 Å². The largest absolute Gasteiger partial charge is 0.342 e. The first kappa shape index (κ1) is 22.3. The Hall–Kier alpha value is -3.46. The highest BCUT2D eigenvalue weighted by Gasteiger charge is 2.36. The molecule has 0 atom stereocenters. The molecule has 3 aliphatic rings. The highest BCUT2D eigenvalue weighted by Crippen LogP contribution is 2.31. The smallest absolute Gasteiger partial charge is 0.283 e. The van der Waals surface area contributed by atoms with Crippen molar-refractivity contribution >= 4 is 45.7 Å². The van der Waals surface area contributed by atoms with Crippen LogP contribution in [0.1, 0.15) is 41.8 Å². The van der Waals surface area contributed by atoms with Crippen LogP contribution in [0.4, 0.5) is 0 Å². The van der Waals surface area contributed by atoms with Crippen LogP contribution in [0.25, 0.3) is 11.8 Å². The predicted molar refractivity (Wildman–Crippen MR) is 135 cm³/mol. The van der Waals surface area contributed by atoms with Crippen LogP contribution in [0.3, 0.4) is 0 Å². The molecule has 0 bridgehead atoms. The van der Waals surface area contributed by atoms with Crippen molar-refractivity contribution in [3.8, 4) is 5.69 Å². The lowest BCUT2D eigenvalue weighted by Gasteiger charge is -2.20. The van der Waals surface area contributed by atoms with Gasteiger partial charge in [-0.25, -0.2) is 0 Å². The van der Waals surface area contributed by atoms with E-state index in [1.54, 1.807) is 6.08 Å². The van der Waals surface area contributed by atoms with E-state index in [9.17, 15) is 9.59 Å². The number of rotatable bonds is 4. The minimum Gasteiger partial charge on any atom is -0.342 e. The number of likely N-dealkylation sites (tertiary alicyclic amines) is 1. The maximum atomic E-state index is 12.8. The molecule has 5 rings (SSSR count). The SMILES string of the molecule is Cc1ccccc1-n1c(C)cc(/C=C2\C(=N)N3N=C(CC(=O)N4CCCC4)SC3=NC2=O)c1C. The van der Waals surface area contributed by atoms with Gasteiger partial charge in [0.05, 0.1) is 12.0 Å². The molecular formula is C25H26N6O2S.